The van der Waals surface area contributed by atoms with E-state index < -0.39 is 10.0 Å². The number of rotatable bonds is 4. The van der Waals surface area contributed by atoms with Gasteiger partial charge in [-0.25, -0.2) is 13.4 Å². The van der Waals surface area contributed by atoms with Crippen LogP contribution in [0.25, 0.3) is 0 Å². The van der Waals surface area contributed by atoms with E-state index in [1.807, 2.05) is 26.8 Å². The van der Waals surface area contributed by atoms with Crippen LogP contribution in [0, 0.1) is 0 Å². The quantitative estimate of drug-likeness (QED) is 0.921. The minimum absolute atomic E-state index is 0.219. The molecule has 1 heterocycles. The molecule has 6 heteroatoms. The molecule has 0 radical (unpaired) electrons. The Labute approximate surface area is 114 Å². The summed E-state index contributed by atoms with van der Waals surface area (Å²) < 4.78 is 30.9. The zero-order chi connectivity index (χ0) is 14.3. The summed E-state index contributed by atoms with van der Waals surface area (Å²) in [4.78, 5) is 4.20. The molecule has 0 spiro atoms. The second kappa shape index (κ2) is 4.67. The Kier molecular flexibility index (Phi) is 3.47. The standard InChI is InChI=1S/C13H20N2O3S/c1-13(2,3)11-7-10(18-9-5-6-9)8-14-12(11)15-19(4,16)17/h7-9H,5-6H2,1-4H3,(H,14,15). The third-order valence-corrected chi connectivity index (χ3v) is 3.34. The second-order valence-electron chi connectivity index (χ2n) is 6.01. The summed E-state index contributed by atoms with van der Waals surface area (Å²) in [6.45, 7) is 6.04. The van der Waals surface area contributed by atoms with Gasteiger partial charge in [-0.1, -0.05) is 20.8 Å². The van der Waals surface area contributed by atoms with Gasteiger partial charge in [-0.2, -0.15) is 0 Å². The van der Waals surface area contributed by atoms with Crippen molar-refractivity contribution in [3.05, 3.63) is 17.8 Å². The molecule has 1 aromatic heterocycles. The highest BCUT2D eigenvalue weighted by Crippen LogP contribution is 2.33. The van der Waals surface area contributed by atoms with Crippen molar-refractivity contribution in [1.82, 2.24) is 4.98 Å². The van der Waals surface area contributed by atoms with Gasteiger partial charge in [-0.3, -0.25) is 4.72 Å². The Balaban J connectivity index is 2.36. The SMILES string of the molecule is CC(C)(C)c1cc(OC2CC2)cnc1NS(C)(=O)=O. The lowest BCUT2D eigenvalue weighted by atomic mass is 9.87. The van der Waals surface area contributed by atoms with Crippen molar-refractivity contribution < 1.29 is 13.2 Å². The topological polar surface area (TPSA) is 68.3 Å². The molecule has 1 fully saturated rings. The van der Waals surface area contributed by atoms with E-state index in [0.717, 1.165) is 24.7 Å². The van der Waals surface area contributed by atoms with Gasteiger partial charge in [-0.05, 0) is 24.3 Å². The molecular formula is C13H20N2O3S. The molecule has 0 unspecified atom stereocenters. The molecule has 0 bridgehead atoms. The molecule has 19 heavy (non-hydrogen) atoms. The van der Waals surface area contributed by atoms with Crippen molar-refractivity contribution in [2.45, 2.75) is 45.1 Å². The number of anilines is 1. The summed E-state index contributed by atoms with van der Waals surface area (Å²) in [5.41, 5.74) is 0.610. The van der Waals surface area contributed by atoms with Gasteiger partial charge < -0.3 is 4.74 Å². The third kappa shape index (κ3) is 4.09. The first kappa shape index (κ1) is 14.1. The number of sulfonamides is 1. The lowest BCUT2D eigenvalue weighted by Crippen LogP contribution is -2.19. The molecule has 1 N–H and O–H groups in total. The summed E-state index contributed by atoms with van der Waals surface area (Å²) in [6.07, 6.45) is 5.14. The summed E-state index contributed by atoms with van der Waals surface area (Å²) in [5, 5.41) is 0. The fourth-order valence-corrected chi connectivity index (χ4v) is 2.23. The van der Waals surface area contributed by atoms with Gasteiger partial charge in [0.1, 0.15) is 11.6 Å². The van der Waals surface area contributed by atoms with Crippen molar-refractivity contribution >= 4 is 15.8 Å². The molecule has 0 amide bonds. The smallest absolute Gasteiger partial charge is 0.230 e. The van der Waals surface area contributed by atoms with Gasteiger partial charge in [0.15, 0.2) is 0 Å². The molecule has 1 aromatic rings. The van der Waals surface area contributed by atoms with Gasteiger partial charge in [0.05, 0.1) is 18.6 Å². The van der Waals surface area contributed by atoms with E-state index in [-0.39, 0.29) is 5.41 Å². The molecular weight excluding hydrogens is 264 g/mol. The van der Waals surface area contributed by atoms with Crippen molar-refractivity contribution in [3.63, 3.8) is 0 Å². The van der Waals surface area contributed by atoms with Gasteiger partial charge in [0.25, 0.3) is 0 Å². The van der Waals surface area contributed by atoms with Crippen LogP contribution >= 0.6 is 0 Å². The molecule has 0 saturated heterocycles. The zero-order valence-corrected chi connectivity index (χ0v) is 12.5. The maximum Gasteiger partial charge on any atom is 0.230 e. The number of pyridine rings is 1. The molecule has 0 aliphatic heterocycles. The van der Waals surface area contributed by atoms with Gasteiger partial charge in [-0.15, -0.1) is 0 Å². The lowest BCUT2D eigenvalue weighted by Gasteiger charge is -2.23. The number of nitrogens with zero attached hydrogens (tertiary/aromatic N) is 1. The summed E-state index contributed by atoms with van der Waals surface area (Å²) in [5.74, 6) is 1.07. The molecule has 0 atom stereocenters. The van der Waals surface area contributed by atoms with Gasteiger partial charge in [0.2, 0.25) is 10.0 Å². The molecule has 1 aliphatic rings. The number of nitrogens with one attached hydrogen (secondary N) is 1. The van der Waals surface area contributed by atoms with Gasteiger partial charge >= 0.3 is 0 Å². The molecule has 5 nitrogen and oxygen atoms in total. The summed E-state index contributed by atoms with van der Waals surface area (Å²) >= 11 is 0. The van der Waals surface area contributed by atoms with E-state index in [9.17, 15) is 8.42 Å². The number of hydrogen-bond donors (Lipinski definition) is 1. The fraction of sp³-hybridized carbons (Fsp3) is 0.615. The van der Waals surface area contributed by atoms with Crippen LogP contribution in [0.4, 0.5) is 5.82 Å². The Morgan fingerprint density at radius 1 is 1.37 bits per heavy atom. The normalized spacial score (nSPS) is 16.2. The van der Waals surface area contributed by atoms with Crippen LogP contribution < -0.4 is 9.46 Å². The van der Waals surface area contributed by atoms with E-state index in [1.165, 1.54) is 0 Å². The van der Waals surface area contributed by atoms with E-state index in [4.69, 9.17) is 4.74 Å². The predicted molar refractivity (Wildman–Crippen MR) is 75.1 cm³/mol. The number of hydrogen-bond acceptors (Lipinski definition) is 4. The monoisotopic (exact) mass is 284 g/mol. The molecule has 2 rings (SSSR count). The molecule has 1 aliphatic carbocycles. The van der Waals surface area contributed by atoms with Crippen LogP contribution in [0.3, 0.4) is 0 Å². The van der Waals surface area contributed by atoms with Crippen molar-refractivity contribution in [1.29, 1.82) is 0 Å². The Morgan fingerprint density at radius 3 is 2.47 bits per heavy atom. The summed E-state index contributed by atoms with van der Waals surface area (Å²) in [7, 11) is -3.34. The van der Waals surface area contributed by atoms with E-state index >= 15 is 0 Å². The van der Waals surface area contributed by atoms with Crippen LogP contribution in [0.1, 0.15) is 39.2 Å². The average Bonchev–Trinajstić information content (AvgIpc) is 3.00. The molecule has 106 valence electrons. The van der Waals surface area contributed by atoms with Crippen LogP contribution in [-0.2, 0) is 15.4 Å². The Bertz CT molecular complexity index is 572. The van der Waals surface area contributed by atoms with Crippen molar-refractivity contribution in [2.24, 2.45) is 0 Å². The van der Waals surface area contributed by atoms with Crippen LogP contribution in [0.2, 0.25) is 0 Å². The summed E-state index contributed by atoms with van der Waals surface area (Å²) in [6, 6.07) is 1.87. The predicted octanol–water partition coefficient (Wildman–Crippen LogP) is 2.29. The highest BCUT2D eigenvalue weighted by Gasteiger charge is 2.26. The minimum Gasteiger partial charge on any atom is -0.489 e. The Hall–Kier alpha value is -1.30. The van der Waals surface area contributed by atoms with Crippen molar-refractivity contribution in [2.75, 3.05) is 11.0 Å². The van der Waals surface area contributed by atoms with E-state index in [0.29, 0.717) is 17.7 Å². The highest BCUT2D eigenvalue weighted by molar-refractivity contribution is 7.92. The first-order chi connectivity index (χ1) is 8.65. The maximum atomic E-state index is 11.4. The average molecular weight is 284 g/mol. The number of ether oxygens (including phenoxy) is 1. The Morgan fingerprint density at radius 2 is 2.00 bits per heavy atom. The minimum atomic E-state index is -3.34. The largest absolute Gasteiger partial charge is 0.489 e. The zero-order valence-electron chi connectivity index (χ0n) is 11.7. The van der Waals surface area contributed by atoms with Crippen molar-refractivity contribution in [3.8, 4) is 5.75 Å². The highest BCUT2D eigenvalue weighted by atomic mass is 32.2. The first-order valence-electron chi connectivity index (χ1n) is 6.30. The maximum absolute atomic E-state index is 11.4. The fourth-order valence-electron chi connectivity index (χ4n) is 1.72. The van der Waals surface area contributed by atoms with Crippen LogP contribution in [-0.4, -0.2) is 25.8 Å². The lowest BCUT2D eigenvalue weighted by molar-refractivity contribution is 0.301. The third-order valence-electron chi connectivity index (χ3n) is 2.78. The number of aromatic nitrogens is 1. The molecule has 0 aromatic carbocycles. The van der Waals surface area contributed by atoms with E-state index in [2.05, 4.69) is 9.71 Å². The van der Waals surface area contributed by atoms with E-state index in [1.54, 1.807) is 6.20 Å². The second-order valence-corrected chi connectivity index (χ2v) is 7.76. The van der Waals surface area contributed by atoms with Gasteiger partial charge in [0, 0.05) is 5.56 Å². The first-order valence-corrected chi connectivity index (χ1v) is 8.19. The molecule has 1 saturated carbocycles. The van der Waals surface area contributed by atoms with Crippen LogP contribution in [0.15, 0.2) is 12.3 Å². The van der Waals surface area contributed by atoms with Crippen LogP contribution in [0.5, 0.6) is 5.75 Å².